The zero-order valence-corrected chi connectivity index (χ0v) is 21.5. The topological polar surface area (TPSA) is 77.4 Å². The fourth-order valence-electron chi connectivity index (χ4n) is 4.01. The molecular formula is C28H24Cl2N2O4. The lowest BCUT2D eigenvalue weighted by Crippen LogP contribution is -2.34. The Morgan fingerprint density at radius 2 is 1.67 bits per heavy atom. The van der Waals surface area contributed by atoms with E-state index in [9.17, 15) is 14.4 Å². The predicted octanol–water partition coefficient (Wildman–Crippen LogP) is 6.39. The van der Waals surface area contributed by atoms with E-state index >= 15 is 0 Å². The van der Waals surface area contributed by atoms with Crippen molar-refractivity contribution in [3.8, 4) is 11.1 Å². The van der Waals surface area contributed by atoms with Crippen LogP contribution in [0.2, 0.25) is 10.0 Å². The van der Waals surface area contributed by atoms with Crippen LogP contribution in [0.15, 0.2) is 71.5 Å². The van der Waals surface area contributed by atoms with E-state index in [1.54, 1.807) is 73.7 Å². The molecule has 1 aromatic heterocycles. The van der Waals surface area contributed by atoms with Crippen molar-refractivity contribution < 1.29 is 14.3 Å². The number of halogens is 2. The number of nitrogens with zero attached hydrogens (tertiary/aromatic N) is 1. The molecule has 0 spiro atoms. The number of carbonyl (C=O) groups excluding carboxylic acids is 2. The first-order chi connectivity index (χ1) is 17.2. The van der Waals surface area contributed by atoms with Gasteiger partial charge in [0.05, 0.1) is 0 Å². The summed E-state index contributed by atoms with van der Waals surface area (Å²) in [6.07, 6.45) is -0.855. The highest BCUT2D eigenvalue weighted by molar-refractivity contribution is 6.31. The number of pyridine rings is 1. The third-order valence-corrected chi connectivity index (χ3v) is 6.64. The summed E-state index contributed by atoms with van der Waals surface area (Å²) in [4.78, 5) is 39.6. The summed E-state index contributed by atoms with van der Waals surface area (Å²) < 4.78 is 6.94. The fourth-order valence-corrected chi connectivity index (χ4v) is 4.32. The number of hydrogen-bond donors (Lipinski definition) is 1. The summed E-state index contributed by atoms with van der Waals surface area (Å²) in [5.41, 5.74) is 2.28. The summed E-state index contributed by atoms with van der Waals surface area (Å²) in [6.45, 7) is 3.59. The second-order valence-electron chi connectivity index (χ2n) is 8.40. The summed E-state index contributed by atoms with van der Waals surface area (Å²) in [7, 11) is 1.51. The van der Waals surface area contributed by atoms with Crippen LogP contribution in [0, 0.1) is 6.92 Å². The van der Waals surface area contributed by atoms with Gasteiger partial charge in [0.2, 0.25) is 0 Å². The van der Waals surface area contributed by atoms with E-state index in [0.29, 0.717) is 37.6 Å². The summed E-state index contributed by atoms with van der Waals surface area (Å²) in [5, 5.41) is 4.85. The van der Waals surface area contributed by atoms with E-state index < -0.39 is 18.0 Å². The number of nitrogens with one attached hydrogen (secondary N) is 1. The Morgan fingerprint density at radius 1 is 1.00 bits per heavy atom. The molecule has 0 fully saturated rings. The highest BCUT2D eigenvalue weighted by atomic mass is 35.5. The molecule has 0 bridgehead atoms. The molecule has 1 unspecified atom stereocenters. The Bertz CT molecular complexity index is 1530. The van der Waals surface area contributed by atoms with Crippen LogP contribution >= 0.6 is 23.2 Å². The first-order valence-corrected chi connectivity index (χ1v) is 12.1. The molecule has 184 valence electrons. The molecule has 1 atom stereocenters. The van der Waals surface area contributed by atoms with Crippen molar-refractivity contribution in [2.45, 2.75) is 26.4 Å². The number of fused-ring (bicyclic) bond motifs is 1. The number of hydrogen-bond acceptors (Lipinski definition) is 4. The van der Waals surface area contributed by atoms with Crippen molar-refractivity contribution in [2.75, 3.05) is 5.32 Å². The van der Waals surface area contributed by atoms with Crippen LogP contribution < -0.4 is 10.9 Å². The van der Waals surface area contributed by atoms with E-state index in [4.69, 9.17) is 27.9 Å². The second kappa shape index (κ2) is 10.6. The van der Waals surface area contributed by atoms with Crippen LogP contribution in [0.4, 0.5) is 5.69 Å². The number of rotatable bonds is 6. The lowest BCUT2D eigenvalue weighted by atomic mass is 9.96. The minimum absolute atomic E-state index is 0.0469. The molecule has 4 rings (SSSR count). The SMILES string of the molecule is CCC(OC(=O)c1c(-c2ccc(Cl)cc2)c2ccccc2c(=O)n1C)C(=O)Nc1ccc(C)c(Cl)c1. The first-order valence-electron chi connectivity index (χ1n) is 11.4. The minimum atomic E-state index is -1.09. The smallest absolute Gasteiger partial charge is 0.356 e. The molecule has 0 radical (unpaired) electrons. The standard InChI is InChI=1S/C28H24Cl2N2O4/c1-4-23(26(33)31-19-14-9-16(2)22(30)15-19)36-28(35)25-24(17-10-12-18(29)13-11-17)20-7-5-6-8-21(20)27(34)32(25)3/h5-15,23H,4H2,1-3H3,(H,31,33). The number of aryl methyl sites for hydroxylation is 1. The maximum atomic E-state index is 13.5. The third-order valence-electron chi connectivity index (χ3n) is 5.98. The van der Waals surface area contributed by atoms with Crippen molar-refractivity contribution >= 4 is 51.5 Å². The molecule has 1 heterocycles. The average molecular weight is 523 g/mol. The number of esters is 1. The Hall–Kier alpha value is -3.61. The van der Waals surface area contributed by atoms with Gasteiger partial charge in [-0.25, -0.2) is 4.79 Å². The molecule has 6 nitrogen and oxygen atoms in total. The Kier molecular flexibility index (Phi) is 7.48. The predicted molar refractivity (Wildman–Crippen MR) is 144 cm³/mol. The summed E-state index contributed by atoms with van der Waals surface area (Å²) >= 11 is 12.2. The van der Waals surface area contributed by atoms with Gasteiger partial charge in [0, 0.05) is 33.7 Å². The van der Waals surface area contributed by atoms with E-state index in [1.807, 2.05) is 6.92 Å². The summed E-state index contributed by atoms with van der Waals surface area (Å²) in [5.74, 6) is -1.28. The number of anilines is 1. The van der Waals surface area contributed by atoms with Gasteiger partial charge in [-0.15, -0.1) is 0 Å². The van der Waals surface area contributed by atoms with Gasteiger partial charge in [0.25, 0.3) is 11.5 Å². The molecule has 0 aliphatic carbocycles. The van der Waals surface area contributed by atoms with Crippen molar-refractivity contribution in [3.63, 3.8) is 0 Å². The third kappa shape index (κ3) is 5.01. The van der Waals surface area contributed by atoms with Crippen molar-refractivity contribution in [3.05, 3.63) is 98.4 Å². The normalized spacial score (nSPS) is 11.8. The van der Waals surface area contributed by atoms with E-state index in [1.165, 1.54) is 11.6 Å². The summed E-state index contributed by atoms with van der Waals surface area (Å²) in [6, 6.07) is 19.2. The number of aromatic nitrogens is 1. The number of ether oxygens (including phenoxy) is 1. The highest BCUT2D eigenvalue weighted by Gasteiger charge is 2.28. The largest absolute Gasteiger partial charge is 0.448 e. The molecule has 0 aliphatic rings. The van der Waals surface area contributed by atoms with Gasteiger partial charge < -0.3 is 14.6 Å². The van der Waals surface area contributed by atoms with Crippen LogP contribution in [-0.4, -0.2) is 22.5 Å². The van der Waals surface area contributed by atoms with E-state index in [-0.39, 0.29) is 17.7 Å². The van der Waals surface area contributed by atoms with Crippen LogP contribution in [0.3, 0.4) is 0 Å². The van der Waals surface area contributed by atoms with Gasteiger partial charge in [-0.2, -0.15) is 0 Å². The molecule has 1 amide bonds. The van der Waals surface area contributed by atoms with Crippen molar-refractivity contribution in [1.29, 1.82) is 0 Å². The number of benzene rings is 3. The van der Waals surface area contributed by atoms with E-state index in [2.05, 4.69) is 5.32 Å². The van der Waals surface area contributed by atoms with Crippen LogP contribution in [0.1, 0.15) is 29.4 Å². The van der Waals surface area contributed by atoms with Crippen LogP contribution in [0.5, 0.6) is 0 Å². The monoisotopic (exact) mass is 522 g/mol. The molecule has 3 aromatic carbocycles. The average Bonchev–Trinajstić information content (AvgIpc) is 2.87. The van der Waals surface area contributed by atoms with Crippen molar-refractivity contribution in [1.82, 2.24) is 4.57 Å². The van der Waals surface area contributed by atoms with E-state index in [0.717, 1.165) is 5.56 Å². The van der Waals surface area contributed by atoms with Gasteiger partial charge in [-0.3, -0.25) is 9.59 Å². The second-order valence-corrected chi connectivity index (χ2v) is 9.24. The van der Waals surface area contributed by atoms with Gasteiger partial charge in [-0.05, 0) is 60.2 Å². The van der Waals surface area contributed by atoms with Crippen LogP contribution in [-0.2, 0) is 16.6 Å². The quantitative estimate of drug-likeness (QED) is 0.297. The lowest BCUT2D eigenvalue weighted by Gasteiger charge is -2.20. The fraction of sp³-hybridized carbons (Fsp3) is 0.179. The molecular weight excluding hydrogens is 499 g/mol. The number of amides is 1. The van der Waals surface area contributed by atoms with Gasteiger partial charge in [0.1, 0.15) is 5.69 Å². The Morgan fingerprint density at radius 3 is 2.31 bits per heavy atom. The molecule has 0 saturated heterocycles. The molecule has 36 heavy (non-hydrogen) atoms. The molecule has 0 saturated carbocycles. The zero-order chi connectivity index (χ0) is 26.0. The van der Waals surface area contributed by atoms with Crippen molar-refractivity contribution in [2.24, 2.45) is 7.05 Å². The Balaban J connectivity index is 1.75. The molecule has 1 N–H and O–H groups in total. The van der Waals surface area contributed by atoms with Gasteiger partial charge in [0.15, 0.2) is 6.10 Å². The minimum Gasteiger partial charge on any atom is -0.448 e. The molecule has 0 aliphatic heterocycles. The molecule has 4 aromatic rings. The lowest BCUT2D eigenvalue weighted by molar-refractivity contribution is -0.124. The maximum Gasteiger partial charge on any atom is 0.356 e. The number of carbonyl (C=O) groups is 2. The van der Waals surface area contributed by atoms with Gasteiger partial charge >= 0.3 is 5.97 Å². The first kappa shape index (κ1) is 25.5. The highest BCUT2D eigenvalue weighted by Crippen LogP contribution is 2.32. The zero-order valence-electron chi connectivity index (χ0n) is 20.0. The van der Waals surface area contributed by atoms with Gasteiger partial charge in [-0.1, -0.05) is 66.5 Å². The molecule has 8 heteroatoms. The maximum absolute atomic E-state index is 13.5. The Labute approximate surface area is 218 Å². The van der Waals surface area contributed by atoms with Crippen LogP contribution in [0.25, 0.3) is 21.9 Å².